The maximum atomic E-state index is 11.9. The summed E-state index contributed by atoms with van der Waals surface area (Å²) < 4.78 is 5.33. The zero-order valence-corrected chi connectivity index (χ0v) is 10.7. The molecule has 96 valence electrons. The quantitative estimate of drug-likeness (QED) is 0.687. The molecule has 2 unspecified atom stereocenters. The number of carbonyl (C=O) groups excluding carboxylic acids is 2. The highest BCUT2D eigenvalue weighted by Crippen LogP contribution is 2.26. The van der Waals surface area contributed by atoms with Crippen molar-refractivity contribution >= 4 is 12.0 Å². The minimum atomic E-state index is -0.480. The van der Waals surface area contributed by atoms with Crippen LogP contribution >= 0.6 is 0 Å². The van der Waals surface area contributed by atoms with Crippen LogP contribution in [0.2, 0.25) is 0 Å². The first-order chi connectivity index (χ1) is 7.85. The van der Waals surface area contributed by atoms with Crippen LogP contribution in [0.5, 0.6) is 0 Å². The van der Waals surface area contributed by atoms with Crippen LogP contribution in [-0.2, 0) is 9.53 Å². The molecule has 2 aliphatic rings. The summed E-state index contributed by atoms with van der Waals surface area (Å²) in [5.74, 6) is 0.378. The van der Waals surface area contributed by atoms with Gasteiger partial charge in [-0.05, 0) is 33.1 Å². The second kappa shape index (κ2) is 4.20. The largest absolute Gasteiger partial charge is 0.444 e. The summed E-state index contributed by atoms with van der Waals surface area (Å²) in [5.41, 5.74) is -0.480. The van der Waals surface area contributed by atoms with Crippen molar-refractivity contribution < 1.29 is 14.3 Å². The molecule has 1 N–H and O–H groups in total. The Morgan fingerprint density at radius 3 is 2.76 bits per heavy atom. The van der Waals surface area contributed by atoms with Gasteiger partial charge in [-0.25, -0.2) is 4.79 Å². The Bertz CT molecular complexity index is 335. The van der Waals surface area contributed by atoms with Gasteiger partial charge < -0.3 is 15.0 Å². The molecule has 2 fully saturated rings. The van der Waals surface area contributed by atoms with Gasteiger partial charge in [0.1, 0.15) is 5.60 Å². The van der Waals surface area contributed by atoms with Crippen LogP contribution in [0.1, 0.15) is 27.2 Å². The van der Waals surface area contributed by atoms with Gasteiger partial charge in [0.2, 0.25) is 5.91 Å². The predicted molar refractivity (Wildman–Crippen MR) is 62.4 cm³/mol. The summed E-state index contributed by atoms with van der Waals surface area (Å²) >= 11 is 0. The van der Waals surface area contributed by atoms with Gasteiger partial charge in [0.25, 0.3) is 0 Å². The highest BCUT2D eigenvalue weighted by molar-refractivity contribution is 5.81. The number of rotatable bonds is 0. The lowest BCUT2D eigenvalue weighted by atomic mass is 9.85. The van der Waals surface area contributed by atoms with E-state index in [1.165, 1.54) is 0 Å². The molecule has 2 amide bonds. The molecular weight excluding hydrogens is 220 g/mol. The van der Waals surface area contributed by atoms with Gasteiger partial charge in [-0.15, -0.1) is 0 Å². The molecule has 0 radical (unpaired) electrons. The second-order valence-electron chi connectivity index (χ2n) is 5.93. The van der Waals surface area contributed by atoms with Crippen LogP contribution < -0.4 is 5.32 Å². The maximum absolute atomic E-state index is 11.9. The normalized spacial score (nSPS) is 28.6. The Kier molecular flexibility index (Phi) is 3.02. The first-order valence-electron chi connectivity index (χ1n) is 6.11. The van der Waals surface area contributed by atoms with Gasteiger partial charge in [-0.2, -0.15) is 0 Å². The summed E-state index contributed by atoms with van der Waals surface area (Å²) in [4.78, 5) is 25.2. The fourth-order valence-electron chi connectivity index (χ4n) is 2.41. The number of hydrogen-bond acceptors (Lipinski definition) is 3. The van der Waals surface area contributed by atoms with Crippen molar-refractivity contribution in [2.45, 2.75) is 32.8 Å². The van der Waals surface area contributed by atoms with Gasteiger partial charge in [0.05, 0.1) is 5.92 Å². The van der Waals surface area contributed by atoms with E-state index in [2.05, 4.69) is 5.32 Å². The number of amides is 2. The lowest BCUT2D eigenvalue weighted by Crippen LogP contribution is -2.55. The second-order valence-corrected chi connectivity index (χ2v) is 5.93. The average molecular weight is 240 g/mol. The van der Waals surface area contributed by atoms with Crippen molar-refractivity contribution in [1.82, 2.24) is 10.2 Å². The van der Waals surface area contributed by atoms with Crippen molar-refractivity contribution in [1.29, 1.82) is 0 Å². The van der Waals surface area contributed by atoms with E-state index >= 15 is 0 Å². The molecular formula is C12H20N2O3. The summed E-state index contributed by atoms with van der Waals surface area (Å²) in [6, 6.07) is 0. The molecule has 2 saturated heterocycles. The minimum absolute atomic E-state index is 0.0602. The van der Waals surface area contributed by atoms with E-state index in [4.69, 9.17) is 4.74 Å². The molecule has 5 heteroatoms. The van der Waals surface area contributed by atoms with E-state index in [0.29, 0.717) is 25.6 Å². The zero-order valence-electron chi connectivity index (χ0n) is 10.7. The Morgan fingerprint density at radius 1 is 1.41 bits per heavy atom. The summed E-state index contributed by atoms with van der Waals surface area (Å²) in [7, 11) is 0. The maximum Gasteiger partial charge on any atom is 0.410 e. The smallest absolute Gasteiger partial charge is 0.410 e. The molecule has 2 heterocycles. The number of fused-ring (bicyclic) bond motifs is 2. The fraction of sp³-hybridized carbons (Fsp3) is 0.833. The van der Waals surface area contributed by atoms with Crippen LogP contribution in [0.15, 0.2) is 0 Å². The fourth-order valence-corrected chi connectivity index (χ4v) is 2.41. The van der Waals surface area contributed by atoms with Crippen molar-refractivity contribution in [2.75, 3.05) is 19.6 Å². The third-order valence-electron chi connectivity index (χ3n) is 3.12. The molecule has 0 aliphatic carbocycles. The number of nitrogens with one attached hydrogen (secondary N) is 1. The Morgan fingerprint density at radius 2 is 2.12 bits per heavy atom. The Hall–Kier alpha value is -1.26. The van der Waals surface area contributed by atoms with Gasteiger partial charge in [-0.1, -0.05) is 0 Å². The number of hydrogen-bond donors (Lipinski definition) is 1. The summed E-state index contributed by atoms with van der Waals surface area (Å²) in [6.07, 6.45) is 0.590. The Balaban J connectivity index is 1.99. The molecule has 0 saturated carbocycles. The van der Waals surface area contributed by atoms with Crippen LogP contribution in [0.25, 0.3) is 0 Å². The number of likely N-dealkylation sites (tertiary alicyclic amines) is 1. The lowest BCUT2D eigenvalue weighted by Gasteiger charge is -2.40. The first-order valence-corrected chi connectivity index (χ1v) is 6.11. The molecule has 0 spiro atoms. The molecule has 2 atom stereocenters. The number of nitrogens with zero attached hydrogens (tertiary/aromatic N) is 1. The number of piperidine rings is 2. The topological polar surface area (TPSA) is 58.6 Å². The molecule has 5 nitrogen and oxygen atoms in total. The molecule has 17 heavy (non-hydrogen) atoms. The summed E-state index contributed by atoms with van der Waals surface area (Å²) in [5, 5.41) is 2.87. The standard InChI is InChI=1S/C12H20N2O3/c1-12(2,3)17-11(16)14-6-8-4-9(7-14)10(15)13-5-8/h8-9H,4-7H2,1-3H3,(H,13,15). The number of carbonyl (C=O) groups is 2. The van der Waals surface area contributed by atoms with Gasteiger partial charge in [-0.3, -0.25) is 4.79 Å². The van der Waals surface area contributed by atoms with Crippen LogP contribution in [0.4, 0.5) is 4.79 Å². The van der Waals surface area contributed by atoms with Gasteiger partial charge in [0, 0.05) is 19.6 Å². The monoisotopic (exact) mass is 240 g/mol. The van der Waals surface area contributed by atoms with E-state index in [0.717, 1.165) is 6.42 Å². The van der Waals surface area contributed by atoms with Gasteiger partial charge >= 0.3 is 6.09 Å². The molecule has 0 aromatic carbocycles. The Labute approximate surface area is 101 Å². The summed E-state index contributed by atoms with van der Waals surface area (Å²) in [6.45, 7) is 7.39. The van der Waals surface area contributed by atoms with Crippen molar-refractivity contribution in [3.8, 4) is 0 Å². The highest BCUT2D eigenvalue weighted by atomic mass is 16.6. The van der Waals surface area contributed by atoms with E-state index in [9.17, 15) is 9.59 Å². The van der Waals surface area contributed by atoms with Crippen LogP contribution in [0, 0.1) is 11.8 Å². The van der Waals surface area contributed by atoms with E-state index in [1.807, 2.05) is 20.8 Å². The third-order valence-corrected chi connectivity index (χ3v) is 3.12. The first kappa shape index (κ1) is 12.2. The third kappa shape index (κ3) is 2.90. The predicted octanol–water partition coefficient (Wildman–Crippen LogP) is 0.989. The van der Waals surface area contributed by atoms with E-state index in [-0.39, 0.29) is 17.9 Å². The minimum Gasteiger partial charge on any atom is -0.444 e. The van der Waals surface area contributed by atoms with Crippen molar-refractivity contribution in [3.63, 3.8) is 0 Å². The lowest BCUT2D eigenvalue weighted by molar-refractivity contribution is -0.130. The van der Waals surface area contributed by atoms with Crippen LogP contribution in [-0.4, -0.2) is 42.1 Å². The molecule has 0 aromatic heterocycles. The van der Waals surface area contributed by atoms with Crippen molar-refractivity contribution in [2.24, 2.45) is 11.8 Å². The average Bonchev–Trinajstić information content (AvgIpc) is 2.21. The van der Waals surface area contributed by atoms with E-state index in [1.54, 1.807) is 4.90 Å². The zero-order chi connectivity index (χ0) is 12.6. The van der Waals surface area contributed by atoms with Gasteiger partial charge in [0.15, 0.2) is 0 Å². The molecule has 2 aliphatic heterocycles. The highest BCUT2D eigenvalue weighted by Gasteiger charge is 2.38. The van der Waals surface area contributed by atoms with Crippen LogP contribution in [0.3, 0.4) is 0 Å². The number of ether oxygens (including phenoxy) is 1. The van der Waals surface area contributed by atoms with E-state index < -0.39 is 5.60 Å². The molecule has 2 rings (SSSR count). The molecule has 0 aromatic rings. The SMILES string of the molecule is CC(C)(C)OC(=O)N1CC2CNC(=O)C(C2)C1. The van der Waals surface area contributed by atoms with Crippen molar-refractivity contribution in [3.05, 3.63) is 0 Å². The molecule has 2 bridgehead atoms.